The van der Waals surface area contributed by atoms with Crippen LogP contribution in [0.15, 0.2) is 41.2 Å². The molecule has 2 aromatic carbocycles. The van der Waals surface area contributed by atoms with Crippen molar-refractivity contribution in [2.24, 2.45) is 0 Å². The van der Waals surface area contributed by atoms with Gasteiger partial charge >= 0.3 is 5.97 Å². The van der Waals surface area contributed by atoms with Crippen molar-refractivity contribution in [1.29, 1.82) is 0 Å². The van der Waals surface area contributed by atoms with Gasteiger partial charge in [0.05, 0.1) is 23.1 Å². The highest BCUT2D eigenvalue weighted by Gasteiger charge is 2.10. The van der Waals surface area contributed by atoms with Crippen molar-refractivity contribution in [2.45, 2.75) is 20.4 Å². The maximum Gasteiger partial charge on any atom is 0.338 e. The third-order valence-corrected chi connectivity index (χ3v) is 4.10. The van der Waals surface area contributed by atoms with Crippen LogP contribution in [0, 0.1) is 6.92 Å². The molecule has 0 saturated heterocycles. The number of nitrogens with one attached hydrogen (secondary N) is 2. The molecule has 0 bridgehead atoms. The molecule has 4 N–H and O–H groups in total. The van der Waals surface area contributed by atoms with Crippen LogP contribution in [-0.2, 0) is 11.3 Å². The van der Waals surface area contributed by atoms with E-state index in [-0.39, 0.29) is 17.5 Å². The van der Waals surface area contributed by atoms with Gasteiger partial charge in [0, 0.05) is 12.2 Å². The molecule has 0 aliphatic heterocycles. The number of esters is 1. The van der Waals surface area contributed by atoms with Gasteiger partial charge in [0.15, 0.2) is 0 Å². The fourth-order valence-electron chi connectivity index (χ4n) is 2.78. The van der Waals surface area contributed by atoms with E-state index in [1.54, 1.807) is 25.1 Å². The number of H-pyrrole nitrogens is 1. The molecule has 0 amide bonds. The highest BCUT2D eigenvalue weighted by molar-refractivity contribution is 5.89. The number of benzene rings is 2. The number of hydrogen-bond donors (Lipinski definition) is 3. The summed E-state index contributed by atoms with van der Waals surface area (Å²) >= 11 is 0. The fourth-order valence-corrected chi connectivity index (χ4v) is 2.78. The first kappa shape index (κ1) is 17.5. The number of rotatable bonds is 5. The van der Waals surface area contributed by atoms with Crippen molar-refractivity contribution in [1.82, 2.24) is 9.97 Å². The summed E-state index contributed by atoms with van der Waals surface area (Å²) in [6.07, 6.45) is 0. The number of anilines is 2. The number of hydrogen-bond acceptors (Lipinski definition) is 6. The summed E-state index contributed by atoms with van der Waals surface area (Å²) in [6, 6.07) is 10.8. The summed E-state index contributed by atoms with van der Waals surface area (Å²) in [7, 11) is 0. The second-order valence-electron chi connectivity index (χ2n) is 5.85. The van der Waals surface area contributed by atoms with Crippen LogP contribution < -0.4 is 16.6 Å². The van der Waals surface area contributed by atoms with Crippen molar-refractivity contribution in [3.05, 3.63) is 63.4 Å². The molecule has 26 heavy (non-hydrogen) atoms. The van der Waals surface area contributed by atoms with Crippen LogP contribution in [0.3, 0.4) is 0 Å². The van der Waals surface area contributed by atoms with Gasteiger partial charge in [0.2, 0.25) is 5.95 Å². The molecule has 0 unspecified atom stereocenters. The predicted molar refractivity (Wildman–Crippen MR) is 101 cm³/mol. The minimum Gasteiger partial charge on any atom is -0.462 e. The number of carbonyl (C=O) groups excluding carboxylic acids is 1. The van der Waals surface area contributed by atoms with Gasteiger partial charge in [-0.25, -0.2) is 9.78 Å². The molecule has 0 aliphatic rings. The molecule has 0 atom stereocenters. The van der Waals surface area contributed by atoms with Gasteiger partial charge in [-0.3, -0.25) is 9.78 Å². The molecular formula is C19H20N4O3. The predicted octanol–water partition coefficient (Wildman–Crippen LogP) is 2.60. The first-order valence-electron chi connectivity index (χ1n) is 8.28. The highest BCUT2D eigenvalue weighted by atomic mass is 16.5. The van der Waals surface area contributed by atoms with Gasteiger partial charge in [-0.2, -0.15) is 0 Å². The molecule has 1 heterocycles. The quantitative estimate of drug-likeness (QED) is 0.609. The van der Waals surface area contributed by atoms with E-state index >= 15 is 0 Å². The molecule has 3 aromatic rings. The van der Waals surface area contributed by atoms with E-state index in [4.69, 9.17) is 10.5 Å². The van der Waals surface area contributed by atoms with Gasteiger partial charge in [-0.1, -0.05) is 12.1 Å². The van der Waals surface area contributed by atoms with E-state index in [1.165, 1.54) is 0 Å². The topological polar surface area (TPSA) is 110 Å². The molecule has 1 aromatic heterocycles. The first-order chi connectivity index (χ1) is 12.5. The van der Waals surface area contributed by atoms with E-state index < -0.39 is 0 Å². The van der Waals surface area contributed by atoms with Crippen LogP contribution >= 0.6 is 0 Å². The minimum atomic E-state index is -0.330. The Morgan fingerprint density at radius 3 is 2.65 bits per heavy atom. The van der Waals surface area contributed by atoms with Crippen LogP contribution in [0.5, 0.6) is 0 Å². The molecule has 0 fully saturated rings. The zero-order valence-corrected chi connectivity index (χ0v) is 14.6. The third kappa shape index (κ3) is 3.51. The molecule has 134 valence electrons. The summed E-state index contributed by atoms with van der Waals surface area (Å²) in [6.45, 7) is 4.54. The molecule has 0 saturated carbocycles. The van der Waals surface area contributed by atoms with Gasteiger partial charge in [-0.15, -0.1) is 0 Å². The van der Waals surface area contributed by atoms with Gasteiger partial charge < -0.3 is 15.8 Å². The summed E-state index contributed by atoms with van der Waals surface area (Å²) in [5.41, 5.74) is 9.06. The van der Waals surface area contributed by atoms with Crippen LogP contribution in [0.1, 0.15) is 28.4 Å². The SMILES string of the molecule is CCOC(=O)c1ccc(CNc2ccc3nc(N)[nH]c(=O)c3c2C)cc1. The zero-order chi connectivity index (χ0) is 18.7. The second kappa shape index (κ2) is 7.26. The lowest BCUT2D eigenvalue weighted by Crippen LogP contribution is -2.13. The number of ether oxygens (including phenoxy) is 1. The number of aryl methyl sites for hydroxylation is 1. The van der Waals surface area contributed by atoms with Gasteiger partial charge in [0.1, 0.15) is 0 Å². The van der Waals surface area contributed by atoms with Crippen molar-refractivity contribution in [2.75, 3.05) is 17.7 Å². The number of nitrogen functional groups attached to an aromatic ring is 1. The molecule has 0 radical (unpaired) electrons. The lowest BCUT2D eigenvalue weighted by Gasteiger charge is -2.12. The molecule has 7 nitrogen and oxygen atoms in total. The molecule has 0 spiro atoms. The summed E-state index contributed by atoms with van der Waals surface area (Å²) in [4.78, 5) is 30.5. The molecule has 0 aliphatic carbocycles. The molecular weight excluding hydrogens is 332 g/mol. The van der Waals surface area contributed by atoms with Crippen LogP contribution in [-0.4, -0.2) is 22.5 Å². The van der Waals surface area contributed by atoms with Crippen LogP contribution in [0.25, 0.3) is 10.9 Å². The number of carbonyl (C=O) groups is 1. The lowest BCUT2D eigenvalue weighted by atomic mass is 10.1. The maximum atomic E-state index is 12.2. The normalized spacial score (nSPS) is 10.7. The smallest absolute Gasteiger partial charge is 0.338 e. The minimum absolute atomic E-state index is 0.101. The monoisotopic (exact) mass is 352 g/mol. The van der Waals surface area contributed by atoms with E-state index in [9.17, 15) is 9.59 Å². The number of fused-ring (bicyclic) bond motifs is 1. The first-order valence-corrected chi connectivity index (χ1v) is 8.28. The Morgan fingerprint density at radius 1 is 1.23 bits per heavy atom. The largest absolute Gasteiger partial charge is 0.462 e. The van der Waals surface area contributed by atoms with Crippen molar-refractivity contribution >= 4 is 28.5 Å². The second-order valence-corrected chi connectivity index (χ2v) is 5.85. The average Bonchev–Trinajstić information content (AvgIpc) is 2.61. The highest BCUT2D eigenvalue weighted by Crippen LogP contribution is 2.22. The average molecular weight is 352 g/mol. The van der Waals surface area contributed by atoms with Crippen molar-refractivity contribution < 1.29 is 9.53 Å². The Balaban J connectivity index is 1.79. The van der Waals surface area contributed by atoms with E-state index in [0.29, 0.717) is 29.6 Å². The summed E-state index contributed by atoms with van der Waals surface area (Å²) in [5, 5.41) is 3.82. The Kier molecular flexibility index (Phi) is 4.88. The zero-order valence-electron chi connectivity index (χ0n) is 14.6. The van der Waals surface area contributed by atoms with Crippen LogP contribution in [0.4, 0.5) is 11.6 Å². The summed E-state index contributed by atoms with van der Waals surface area (Å²) in [5.74, 6) is -0.229. The Bertz CT molecular complexity index is 1010. The standard InChI is InChI=1S/C19H20N4O3/c1-3-26-18(25)13-6-4-12(5-7-13)10-21-14-8-9-15-16(11(14)2)17(24)23-19(20)22-15/h4-9,21H,3,10H2,1-2H3,(H3,20,22,23,24). The fraction of sp³-hybridized carbons (Fsp3) is 0.211. The van der Waals surface area contributed by atoms with Gasteiger partial charge in [0.25, 0.3) is 5.56 Å². The number of aromatic amines is 1. The number of aromatic nitrogens is 2. The lowest BCUT2D eigenvalue weighted by molar-refractivity contribution is 0.0526. The van der Waals surface area contributed by atoms with E-state index in [2.05, 4.69) is 15.3 Å². The van der Waals surface area contributed by atoms with Gasteiger partial charge in [-0.05, 0) is 49.2 Å². The van der Waals surface area contributed by atoms with Crippen molar-refractivity contribution in [3.63, 3.8) is 0 Å². The van der Waals surface area contributed by atoms with E-state index in [0.717, 1.165) is 16.8 Å². The van der Waals surface area contributed by atoms with Crippen LogP contribution in [0.2, 0.25) is 0 Å². The molecule has 3 rings (SSSR count). The van der Waals surface area contributed by atoms with Crippen molar-refractivity contribution in [3.8, 4) is 0 Å². The Labute approximate surface area is 150 Å². The Hall–Kier alpha value is -3.35. The summed E-state index contributed by atoms with van der Waals surface area (Å²) < 4.78 is 4.97. The molecule has 7 heteroatoms. The third-order valence-electron chi connectivity index (χ3n) is 4.10. The maximum absolute atomic E-state index is 12.2. The van der Waals surface area contributed by atoms with E-state index in [1.807, 2.05) is 25.1 Å². The Morgan fingerprint density at radius 2 is 1.96 bits per heavy atom. The number of nitrogens with zero attached hydrogens (tertiary/aromatic N) is 1. The number of nitrogens with two attached hydrogens (primary N) is 1.